The molecule has 1 aliphatic rings. The van der Waals surface area contributed by atoms with Gasteiger partial charge < -0.3 is 15.4 Å². The van der Waals surface area contributed by atoms with E-state index in [9.17, 15) is 0 Å². The largest absolute Gasteiger partial charge is 0.493 e. The van der Waals surface area contributed by atoms with E-state index >= 15 is 0 Å². The number of piperidine rings is 1. The van der Waals surface area contributed by atoms with Crippen LogP contribution in [0.3, 0.4) is 0 Å². The lowest BCUT2D eigenvalue weighted by Crippen LogP contribution is -2.37. The maximum atomic E-state index is 6.01. The lowest BCUT2D eigenvalue weighted by molar-refractivity contribution is 0.152. The quantitative estimate of drug-likeness (QED) is 0.887. The van der Waals surface area contributed by atoms with Gasteiger partial charge in [0.15, 0.2) is 0 Å². The molecule has 2 atom stereocenters. The second kappa shape index (κ2) is 7.43. The molecule has 112 valence electrons. The van der Waals surface area contributed by atoms with Gasteiger partial charge in [0.2, 0.25) is 0 Å². The summed E-state index contributed by atoms with van der Waals surface area (Å²) in [6.07, 6.45) is 5.05. The zero-order chi connectivity index (χ0) is 14.5. The molecule has 0 aliphatic carbocycles. The van der Waals surface area contributed by atoms with Gasteiger partial charge in [-0.3, -0.25) is 0 Å². The zero-order valence-corrected chi connectivity index (χ0v) is 14.0. The predicted molar refractivity (Wildman–Crippen MR) is 87.1 cm³/mol. The third-order valence-corrected chi connectivity index (χ3v) is 4.59. The van der Waals surface area contributed by atoms with Crippen molar-refractivity contribution in [2.45, 2.75) is 44.7 Å². The van der Waals surface area contributed by atoms with Crippen LogP contribution in [0.25, 0.3) is 0 Å². The fraction of sp³-hybridized carbons (Fsp3) is 0.625. The summed E-state index contributed by atoms with van der Waals surface area (Å²) in [6, 6.07) is 6.71. The molecular formula is C16H25BrN2O. The van der Waals surface area contributed by atoms with E-state index in [0.717, 1.165) is 28.8 Å². The van der Waals surface area contributed by atoms with Crippen molar-refractivity contribution in [3.05, 3.63) is 28.2 Å². The highest BCUT2D eigenvalue weighted by Crippen LogP contribution is 2.28. The molecule has 2 N–H and O–H groups in total. The van der Waals surface area contributed by atoms with Crippen molar-refractivity contribution in [1.82, 2.24) is 4.90 Å². The Labute approximate surface area is 130 Å². The predicted octanol–water partition coefficient (Wildman–Crippen LogP) is 3.72. The first kappa shape index (κ1) is 15.8. The molecule has 3 nitrogen and oxygen atoms in total. The second-order valence-corrected chi connectivity index (χ2v) is 6.65. The van der Waals surface area contributed by atoms with Gasteiger partial charge in [-0.1, -0.05) is 22.4 Å². The molecule has 0 saturated carbocycles. The molecule has 1 heterocycles. The molecule has 4 heteroatoms. The summed E-state index contributed by atoms with van der Waals surface area (Å²) in [6.45, 7) is 3.97. The molecule has 1 saturated heterocycles. The fourth-order valence-corrected chi connectivity index (χ4v) is 3.20. The Bertz CT molecular complexity index is 436. The van der Waals surface area contributed by atoms with Crippen molar-refractivity contribution < 1.29 is 4.74 Å². The molecule has 0 spiro atoms. The maximum Gasteiger partial charge on any atom is 0.124 e. The Morgan fingerprint density at radius 3 is 2.95 bits per heavy atom. The topological polar surface area (TPSA) is 38.5 Å². The van der Waals surface area contributed by atoms with Gasteiger partial charge in [0, 0.05) is 22.1 Å². The summed E-state index contributed by atoms with van der Waals surface area (Å²) >= 11 is 3.49. The second-order valence-electron chi connectivity index (χ2n) is 5.74. The van der Waals surface area contributed by atoms with E-state index in [1.165, 1.54) is 25.8 Å². The van der Waals surface area contributed by atoms with Crippen molar-refractivity contribution in [3.63, 3.8) is 0 Å². The number of hydrogen-bond acceptors (Lipinski definition) is 3. The average molecular weight is 341 g/mol. The normalized spacial score (nSPS) is 21.7. The van der Waals surface area contributed by atoms with Crippen LogP contribution < -0.4 is 10.5 Å². The number of likely N-dealkylation sites (tertiary alicyclic amines) is 1. The number of rotatable bonds is 5. The first-order valence-corrected chi connectivity index (χ1v) is 8.25. The smallest absolute Gasteiger partial charge is 0.124 e. The number of hydrogen-bond donors (Lipinski definition) is 1. The van der Waals surface area contributed by atoms with Crippen molar-refractivity contribution in [3.8, 4) is 5.75 Å². The van der Waals surface area contributed by atoms with Gasteiger partial charge in [-0.25, -0.2) is 0 Å². The lowest BCUT2D eigenvalue weighted by atomic mass is 10.0. The zero-order valence-electron chi connectivity index (χ0n) is 12.4. The fourth-order valence-electron chi connectivity index (χ4n) is 2.82. The minimum Gasteiger partial charge on any atom is -0.493 e. The highest BCUT2D eigenvalue weighted by Gasteiger charge is 2.18. The van der Waals surface area contributed by atoms with Crippen LogP contribution in [-0.2, 0) is 0 Å². The van der Waals surface area contributed by atoms with E-state index in [-0.39, 0.29) is 6.04 Å². The first-order chi connectivity index (χ1) is 9.58. The van der Waals surface area contributed by atoms with Gasteiger partial charge in [-0.15, -0.1) is 0 Å². The summed E-state index contributed by atoms with van der Waals surface area (Å²) < 4.78 is 7.02. The van der Waals surface area contributed by atoms with Crippen LogP contribution in [0.1, 0.15) is 44.2 Å². The third kappa shape index (κ3) is 4.21. The van der Waals surface area contributed by atoms with Crippen LogP contribution in [0.4, 0.5) is 0 Å². The highest BCUT2D eigenvalue weighted by atomic mass is 79.9. The summed E-state index contributed by atoms with van der Waals surface area (Å²) in [5.74, 6) is 0.918. The molecule has 0 bridgehead atoms. The molecule has 1 aliphatic heterocycles. The van der Waals surface area contributed by atoms with Gasteiger partial charge in [-0.2, -0.15) is 0 Å². The number of nitrogens with zero attached hydrogens (tertiary/aromatic N) is 1. The van der Waals surface area contributed by atoms with Gasteiger partial charge in [0.05, 0.1) is 6.61 Å². The van der Waals surface area contributed by atoms with Gasteiger partial charge in [0.25, 0.3) is 0 Å². The molecule has 1 aromatic carbocycles. The van der Waals surface area contributed by atoms with Crippen LogP contribution in [0.15, 0.2) is 22.7 Å². The molecule has 0 radical (unpaired) electrons. The van der Waals surface area contributed by atoms with Gasteiger partial charge in [0.1, 0.15) is 5.75 Å². The summed E-state index contributed by atoms with van der Waals surface area (Å²) in [5, 5.41) is 0. The van der Waals surface area contributed by atoms with E-state index in [0.29, 0.717) is 6.04 Å². The molecule has 2 unspecified atom stereocenters. The Kier molecular flexibility index (Phi) is 5.87. The van der Waals surface area contributed by atoms with Crippen molar-refractivity contribution in [2.24, 2.45) is 5.73 Å². The maximum absolute atomic E-state index is 6.01. The van der Waals surface area contributed by atoms with E-state index in [1.54, 1.807) is 0 Å². The molecule has 20 heavy (non-hydrogen) atoms. The lowest BCUT2D eigenvalue weighted by Gasteiger charge is -2.32. The minimum absolute atomic E-state index is 0.0140. The molecular weight excluding hydrogens is 316 g/mol. The third-order valence-electron chi connectivity index (χ3n) is 4.09. The standard InChI is InChI=1S/C16H25BrN2O/c1-12(18)15-11-13(17)6-7-16(15)20-10-8-14-5-3-4-9-19(14)2/h6-7,11-12,14H,3-5,8-10,18H2,1-2H3. The molecule has 2 rings (SSSR count). The summed E-state index contributed by atoms with van der Waals surface area (Å²) in [4.78, 5) is 2.46. The Morgan fingerprint density at radius 2 is 2.25 bits per heavy atom. The van der Waals surface area contributed by atoms with E-state index in [4.69, 9.17) is 10.5 Å². The molecule has 0 amide bonds. The number of ether oxygens (including phenoxy) is 1. The Hall–Kier alpha value is -0.580. The molecule has 1 fully saturated rings. The van der Waals surface area contributed by atoms with Gasteiger partial charge in [-0.05, 0) is 58.0 Å². The average Bonchev–Trinajstić information content (AvgIpc) is 2.42. The Morgan fingerprint density at radius 1 is 1.45 bits per heavy atom. The highest BCUT2D eigenvalue weighted by molar-refractivity contribution is 9.10. The van der Waals surface area contributed by atoms with Gasteiger partial charge >= 0.3 is 0 Å². The minimum atomic E-state index is -0.0140. The summed E-state index contributed by atoms with van der Waals surface area (Å²) in [5.41, 5.74) is 7.08. The van der Waals surface area contributed by atoms with Crippen molar-refractivity contribution in [2.75, 3.05) is 20.2 Å². The van der Waals surface area contributed by atoms with E-state index < -0.39 is 0 Å². The first-order valence-electron chi connectivity index (χ1n) is 7.46. The molecule has 1 aromatic rings. The van der Waals surface area contributed by atoms with Crippen LogP contribution in [-0.4, -0.2) is 31.1 Å². The SMILES string of the molecule is CC(N)c1cc(Br)ccc1OCCC1CCCCN1C. The van der Waals surface area contributed by atoms with Crippen molar-refractivity contribution in [1.29, 1.82) is 0 Å². The number of benzene rings is 1. The molecule has 0 aromatic heterocycles. The van der Waals surface area contributed by atoms with Crippen LogP contribution >= 0.6 is 15.9 Å². The number of halogens is 1. The van der Waals surface area contributed by atoms with Crippen LogP contribution in [0, 0.1) is 0 Å². The van der Waals surface area contributed by atoms with E-state index in [2.05, 4.69) is 27.9 Å². The van der Waals surface area contributed by atoms with E-state index in [1.807, 2.05) is 25.1 Å². The summed E-state index contributed by atoms with van der Waals surface area (Å²) in [7, 11) is 2.22. The van der Waals surface area contributed by atoms with Crippen LogP contribution in [0.2, 0.25) is 0 Å². The number of nitrogens with two attached hydrogens (primary N) is 1. The monoisotopic (exact) mass is 340 g/mol. The van der Waals surface area contributed by atoms with Crippen LogP contribution in [0.5, 0.6) is 5.75 Å². The Balaban J connectivity index is 1.90. The van der Waals surface area contributed by atoms with Crippen molar-refractivity contribution >= 4 is 15.9 Å².